The summed E-state index contributed by atoms with van der Waals surface area (Å²) in [7, 11) is 0. The molecule has 18 heavy (non-hydrogen) atoms. The largest absolute Gasteiger partial charge is 0.478 e. The van der Waals surface area contributed by atoms with Crippen LogP contribution in [0.3, 0.4) is 0 Å². The number of hydrogen-bond donors (Lipinski definition) is 1. The molecule has 1 N–H and O–H groups in total. The van der Waals surface area contributed by atoms with Crippen molar-refractivity contribution in [1.29, 1.82) is 0 Å². The Morgan fingerprint density at radius 3 is 2.67 bits per heavy atom. The van der Waals surface area contributed by atoms with Gasteiger partial charge in [-0.15, -0.1) is 0 Å². The summed E-state index contributed by atoms with van der Waals surface area (Å²) in [6, 6.07) is 3.44. The number of rotatable bonds is 4. The predicted octanol–water partition coefficient (Wildman–Crippen LogP) is 2.80. The first-order chi connectivity index (χ1) is 8.70. The molecule has 98 valence electrons. The highest BCUT2D eigenvalue weighted by Crippen LogP contribution is 2.24. The van der Waals surface area contributed by atoms with E-state index in [1.807, 2.05) is 6.07 Å². The minimum atomic E-state index is -0.921. The molecule has 0 amide bonds. The van der Waals surface area contributed by atoms with Crippen molar-refractivity contribution in [2.24, 2.45) is 5.92 Å². The molecule has 4 heteroatoms. The summed E-state index contributed by atoms with van der Waals surface area (Å²) in [5, 5.41) is 8.83. The van der Waals surface area contributed by atoms with E-state index in [1.54, 1.807) is 6.07 Å². The number of piperidine rings is 1. The van der Waals surface area contributed by atoms with E-state index in [-0.39, 0.29) is 5.56 Å². The molecule has 0 saturated carbocycles. The van der Waals surface area contributed by atoms with E-state index >= 15 is 0 Å². The van der Waals surface area contributed by atoms with Crippen LogP contribution in [0.2, 0.25) is 0 Å². The van der Waals surface area contributed by atoms with Gasteiger partial charge in [-0.25, -0.2) is 9.78 Å². The van der Waals surface area contributed by atoms with E-state index in [9.17, 15) is 4.79 Å². The smallest absolute Gasteiger partial charge is 0.337 e. The van der Waals surface area contributed by atoms with Crippen LogP contribution in [0, 0.1) is 5.92 Å². The Morgan fingerprint density at radius 1 is 1.44 bits per heavy atom. The molecular weight excluding hydrogens is 228 g/mol. The van der Waals surface area contributed by atoms with E-state index in [4.69, 9.17) is 5.11 Å². The Morgan fingerprint density at radius 2 is 2.17 bits per heavy atom. The van der Waals surface area contributed by atoms with Crippen molar-refractivity contribution in [3.05, 3.63) is 23.9 Å². The Balaban J connectivity index is 1.95. The van der Waals surface area contributed by atoms with Crippen molar-refractivity contribution < 1.29 is 9.90 Å². The molecule has 1 aliphatic rings. The SMILES string of the molecule is CCCC1CCN(c2ccc(C(=O)O)cn2)CC1. The van der Waals surface area contributed by atoms with E-state index in [0.717, 1.165) is 24.8 Å². The molecule has 1 aromatic rings. The molecule has 0 bridgehead atoms. The second-order valence-corrected chi connectivity index (χ2v) is 4.93. The van der Waals surface area contributed by atoms with Gasteiger partial charge in [-0.3, -0.25) is 0 Å². The molecule has 0 aromatic carbocycles. The zero-order valence-electron chi connectivity index (χ0n) is 10.8. The summed E-state index contributed by atoms with van der Waals surface area (Å²) < 4.78 is 0. The number of nitrogens with zero attached hydrogens (tertiary/aromatic N) is 2. The summed E-state index contributed by atoms with van der Waals surface area (Å²) in [6.07, 6.45) is 6.46. The Kier molecular flexibility index (Phi) is 4.18. The summed E-state index contributed by atoms with van der Waals surface area (Å²) >= 11 is 0. The zero-order chi connectivity index (χ0) is 13.0. The van der Waals surface area contributed by atoms with Crippen LogP contribution in [0.25, 0.3) is 0 Å². The first-order valence-corrected chi connectivity index (χ1v) is 6.65. The van der Waals surface area contributed by atoms with Gasteiger partial charge in [-0.05, 0) is 30.9 Å². The average Bonchev–Trinajstić information content (AvgIpc) is 2.40. The van der Waals surface area contributed by atoms with Gasteiger partial charge in [-0.1, -0.05) is 19.8 Å². The van der Waals surface area contributed by atoms with Gasteiger partial charge in [0.15, 0.2) is 0 Å². The summed E-state index contributed by atoms with van der Waals surface area (Å²) in [5.41, 5.74) is 0.250. The number of hydrogen-bond acceptors (Lipinski definition) is 3. The Bertz CT molecular complexity index is 395. The summed E-state index contributed by atoms with van der Waals surface area (Å²) in [6.45, 7) is 4.30. The molecule has 0 radical (unpaired) electrons. The van der Waals surface area contributed by atoms with Gasteiger partial charge in [0.2, 0.25) is 0 Å². The third-order valence-electron chi connectivity index (χ3n) is 3.63. The number of aromatic nitrogens is 1. The van der Waals surface area contributed by atoms with Gasteiger partial charge >= 0.3 is 5.97 Å². The number of pyridine rings is 1. The lowest BCUT2D eigenvalue weighted by atomic mass is 9.92. The van der Waals surface area contributed by atoms with Crippen LogP contribution >= 0.6 is 0 Å². The van der Waals surface area contributed by atoms with Crippen LogP contribution in [0.5, 0.6) is 0 Å². The van der Waals surface area contributed by atoms with Gasteiger partial charge in [0.1, 0.15) is 5.82 Å². The van der Waals surface area contributed by atoms with Crippen LogP contribution < -0.4 is 4.90 Å². The van der Waals surface area contributed by atoms with Gasteiger partial charge in [0.25, 0.3) is 0 Å². The fourth-order valence-corrected chi connectivity index (χ4v) is 2.56. The summed E-state index contributed by atoms with van der Waals surface area (Å²) in [5.74, 6) is 0.829. The van der Waals surface area contributed by atoms with E-state index < -0.39 is 5.97 Å². The molecule has 0 atom stereocenters. The highest BCUT2D eigenvalue weighted by Gasteiger charge is 2.19. The standard InChI is InChI=1S/C14H20N2O2/c1-2-3-11-6-8-16(9-7-11)13-5-4-12(10-15-13)14(17)18/h4-5,10-11H,2-3,6-9H2,1H3,(H,17,18). The highest BCUT2D eigenvalue weighted by molar-refractivity contribution is 5.87. The van der Waals surface area contributed by atoms with Crippen molar-refractivity contribution in [2.75, 3.05) is 18.0 Å². The van der Waals surface area contributed by atoms with Gasteiger partial charge < -0.3 is 10.0 Å². The molecule has 2 heterocycles. The maximum absolute atomic E-state index is 10.7. The molecule has 0 unspecified atom stereocenters. The molecule has 4 nitrogen and oxygen atoms in total. The lowest BCUT2D eigenvalue weighted by Crippen LogP contribution is -2.34. The second kappa shape index (κ2) is 5.85. The summed E-state index contributed by atoms with van der Waals surface area (Å²) in [4.78, 5) is 17.2. The number of carboxylic acids is 1. The van der Waals surface area contributed by atoms with Crippen LogP contribution in [-0.2, 0) is 0 Å². The van der Waals surface area contributed by atoms with Crippen LogP contribution in [0.4, 0.5) is 5.82 Å². The van der Waals surface area contributed by atoms with Crippen LogP contribution in [-0.4, -0.2) is 29.1 Å². The first-order valence-electron chi connectivity index (χ1n) is 6.65. The second-order valence-electron chi connectivity index (χ2n) is 4.93. The first kappa shape index (κ1) is 12.9. The monoisotopic (exact) mass is 248 g/mol. The minimum absolute atomic E-state index is 0.250. The van der Waals surface area contributed by atoms with Crippen molar-refractivity contribution >= 4 is 11.8 Å². The van der Waals surface area contributed by atoms with E-state index in [2.05, 4.69) is 16.8 Å². The fraction of sp³-hybridized carbons (Fsp3) is 0.571. The molecular formula is C14H20N2O2. The molecule has 1 saturated heterocycles. The number of anilines is 1. The maximum atomic E-state index is 10.7. The van der Waals surface area contributed by atoms with Crippen molar-refractivity contribution in [1.82, 2.24) is 4.98 Å². The lowest BCUT2D eigenvalue weighted by Gasteiger charge is -2.32. The van der Waals surface area contributed by atoms with Crippen molar-refractivity contribution in [2.45, 2.75) is 32.6 Å². The predicted molar refractivity (Wildman–Crippen MR) is 71.0 cm³/mol. The van der Waals surface area contributed by atoms with Gasteiger partial charge in [0.05, 0.1) is 5.56 Å². The van der Waals surface area contributed by atoms with Crippen LogP contribution in [0.1, 0.15) is 43.0 Å². The molecule has 1 fully saturated rings. The number of carbonyl (C=O) groups is 1. The highest BCUT2D eigenvalue weighted by atomic mass is 16.4. The van der Waals surface area contributed by atoms with Gasteiger partial charge in [-0.2, -0.15) is 0 Å². The number of aromatic carboxylic acids is 1. The molecule has 2 rings (SSSR count). The minimum Gasteiger partial charge on any atom is -0.478 e. The van der Waals surface area contributed by atoms with Gasteiger partial charge in [0, 0.05) is 19.3 Å². The lowest BCUT2D eigenvalue weighted by molar-refractivity contribution is 0.0696. The fourth-order valence-electron chi connectivity index (χ4n) is 2.56. The normalized spacial score (nSPS) is 16.8. The van der Waals surface area contributed by atoms with Crippen LogP contribution in [0.15, 0.2) is 18.3 Å². The van der Waals surface area contributed by atoms with E-state index in [0.29, 0.717) is 0 Å². The topological polar surface area (TPSA) is 53.4 Å². The third-order valence-corrected chi connectivity index (χ3v) is 3.63. The zero-order valence-corrected chi connectivity index (χ0v) is 10.8. The maximum Gasteiger partial charge on any atom is 0.337 e. The Labute approximate surface area is 108 Å². The molecule has 0 aliphatic carbocycles. The Hall–Kier alpha value is -1.58. The van der Waals surface area contributed by atoms with Crippen molar-refractivity contribution in [3.8, 4) is 0 Å². The average molecular weight is 248 g/mol. The van der Waals surface area contributed by atoms with Crippen molar-refractivity contribution in [3.63, 3.8) is 0 Å². The molecule has 1 aromatic heterocycles. The molecule has 1 aliphatic heterocycles. The quantitative estimate of drug-likeness (QED) is 0.890. The third kappa shape index (κ3) is 3.00. The number of carboxylic acid groups (broad SMARTS) is 1. The molecule has 0 spiro atoms. The van der Waals surface area contributed by atoms with E-state index in [1.165, 1.54) is 31.9 Å².